The van der Waals surface area contributed by atoms with Gasteiger partial charge in [0.05, 0.1) is 25.5 Å². The van der Waals surface area contributed by atoms with E-state index in [9.17, 15) is 4.79 Å². The summed E-state index contributed by atoms with van der Waals surface area (Å²) < 4.78 is 7.04. The normalized spacial score (nSPS) is 11.9. The number of nitrogens with one attached hydrogen (secondary N) is 2. The van der Waals surface area contributed by atoms with Crippen LogP contribution in [-0.2, 0) is 4.79 Å². The molecule has 2 N–H and O–H groups in total. The number of methoxy groups -OCH3 is 1. The molecule has 130 valence electrons. The largest absolute Gasteiger partial charge is 0.497 e. The average Bonchev–Trinajstić information content (AvgIpc) is 3.05. The van der Waals surface area contributed by atoms with Crippen molar-refractivity contribution < 1.29 is 9.53 Å². The maximum absolute atomic E-state index is 12.1. The molecule has 0 aliphatic rings. The van der Waals surface area contributed by atoms with Gasteiger partial charge in [0.15, 0.2) is 5.65 Å². The van der Waals surface area contributed by atoms with Gasteiger partial charge in [0.1, 0.15) is 11.6 Å². The zero-order chi connectivity index (χ0) is 17.6. The minimum absolute atomic E-state index is 0.00805. The van der Waals surface area contributed by atoms with Crippen molar-refractivity contribution in [3.8, 4) is 5.75 Å². The first-order valence-corrected chi connectivity index (χ1v) is 8.11. The zero-order valence-corrected chi connectivity index (χ0v) is 14.3. The number of amides is 1. The Bertz CT molecular complexity index is 844. The summed E-state index contributed by atoms with van der Waals surface area (Å²) in [4.78, 5) is 20.4. The minimum atomic E-state index is -0.0553. The van der Waals surface area contributed by atoms with Crippen LogP contribution >= 0.6 is 0 Å². The molecule has 0 aliphatic carbocycles. The number of benzene rings is 1. The van der Waals surface area contributed by atoms with Crippen LogP contribution in [0, 0.1) is 0 Å². The summed E-state index contributed by atoms with van der Waals surface area (Å²) in [6, 6.07) is 7.63. The number of hydrogen-bond acceptors (Lipinski definition) is 5. The molecular formula is C18H21N5O2. The van der Waals surface area contributed by atoms with Gasteiger partial charge in [0, 0.05) is 25.4 Å². The van der Waals surface area contributed by atoms with E-state index in [1.54, 1.807) is 25.7 Å². The second-order valence-corrected chi connectivity index (χ2v) is 5.69. The van der Waals surface area contributed by atoms with Crippen LogP contribution in [0.1, 0.15) is 24.9 Å². The molecule has 0 spiro atoms. The quantitative estimate of drug-likeness (QED) is 0.691. The number of anilines is 1. The molecule has 3 aromatic rings. The highest BCUT2D eigenvalue weighted by atomic mass is 16.5. The fourth-order valence-corrected chi connectivity index (χ4v) is 2.57. The zero-order valence-electron chi connectivity index (χ0n) is 14.3. The van der Waals surface area contributed by atoms with Gasteiger partial charge in [-0.25, -0.2) is 4.98 Å². The molecule has 0 fully saturated rings. The SMILES string of the molecule is COc1ccc([C@H](C)NC(=O)CCNc2cnc3cnccn23)cc1. The number of carbonyl (C=O) groups excluding carboxylic acids is 1. The summed E-state index contributed by atoms with van der Waals surface area (Å²) in [5.41, 5.74) is 1.80. The Hall–Kier alpha value is -3.09. The van der Waals surface area contributed by atoms with E-state index in [-0.39, 0.29) is 11.9 Å². The lowest BCUT2D eigenvalue weighted by atomic mass is 10.1. The molecule has 25 heavy (non-hydrogen) atoms. The predicted octanol–water partition coefficient (Wildman–Crippen LogP) is 2.42. The monoisotopic (exact) mass is 339 g/mol. The van der Waals surface area contributed by atoms with Gasteiger partial charge in [0.25, 0.3) is 0 Å². The topological polar surface area (TPSA) is 80.5 Å². The number of imidazole rings is 1. The first-order valence-electron chi connectivity index (χ1n) is 8.11. The Morgan fingerprint density at radius 3 is 2.84 bits per heavy atom. The third-order valence-corrected chi connectivity index (χ3v) is 3.97. The Labute approximate surface area is 146 Å². The lowest BCUT2D eigenvalue weighted by molar-refractivity contribution is -0.121. The molecule has 2 aromatic heterocycles. The number of aromatic nitrogens is 3. The van der Waals surface area contributed by atoms with Crippen LogP contribution in [-0.4, -0.2) is 33.9 Å². The van der Waals surface area contributed by atoms with Crippen LogP contribution in [0.3, 0.4) is 0 Å². The van der Waals surface area contributed by atoms with E-state index >= 15 is 0 Å². The van der Waals surface area contributed by atoms with E-state index in [0.29, 0.717) is 13.0 Å². The third-order valence-electron chi connectivity index (χ3n) is 3.97. The lowest BCUT2D eigenvalue weighted by Crippen LogP contribution is -2.28. The van der Waals surface area contributed by atoms with Crippen LogP contribution in [0.4, 0.5) is 5.82 Å². The fourth-order valence-electron chi connectivity index (χ4n) is 2.57. The molecule has 2 heterocycles. The Morgan fingerprint density at radius 2 is 2.08 bits per heavy atom. The van der Waals surface area contributed by atoms with E-state index in [4.69, 9.17) is 4.74 Å². The van der Waals surface area contributed by atoms with E-state index in [0.717, 1.165) is 22.8 Å². The molecule has 7 heteroatoms. The summed E-state index contributed by atoms with van der Waals surface area (Å²) in [6.45, 7) is 2.49. The molecular weight excluding hydrogens is 318 g/mol. The molecule has 0 unspecified atom stereocenters. The Balaban J connectivity index is 1.49. The van der Waals surface area contributed by atoms with Gasteiger partial charge >= 0.3 is 0 Å². The van der Waals surface area contributed by atoms with Crippen molar-refractivity contribution in [3.63, 3.8) is 0 Å². The molecule has 1 amide bonds. The van der Waals surface area contributed by atoms with Crippen molar-refractivity contribution in [2.45, 2.75) is 19.4 Å². The molecule has 0 radical (unpaired) electrons. The van der Waals surface area contributed by atoms with Gasteiger partial charge in [-0.2, -0.15) is 0 Å². The predicted molar refractivity (Wildman–Crippen MR) is 95.6 cm³/mol. The maximum Gasteiger partial charge on any atom is 0.222 e. The van der Waals surface area contributed by atoms with Crippen molar-refractivity contribution >= 4 is 17.4 Å². The fraction of sp³-hybridized carbons (Fsp3) is 0.278. The highest BCUT2D eigenvalue weighted by Gasteiger charge is 2.10. The second kappa shape index (κ2) is 7.65. The Morgan fingerprint density at radius 1 is 1.28 bits per heavy atom. The lowest BCUT2D eigenvalue weighted by Gasteiger charge is -2.15. The molecule has 3 rings (SSSR count). The summed E-state index contributed by atoms with van der Waals surface area (Å²) in [5.74, 6) is 1.63. The molecule has 7 nitrogen and oxygen atoms in total. The van der Waals surface area contributed by atoms with Crippen molar-refractivity contribution in [2.75, 3.05) is 19.0 Å². The van der Waals surface area contributed by atoms with Crippen LogP contribution in [0.15, 0.2) is 49.1 Å². The first-order chi connectivity index (χ1) is 12.2. The average molecular weight is 339 g/mol. The first kappa shape index (κ1) is 16.8. The van der Waals surface area contributed by atoms with Gasteiger partial charge in [-0.3, -0.25) is 14.2 Å². The van der Waals surface area contributed by atoms with Gasteiger partial charge in [-0.15, -0.1) is 0 Å². The van der Waals surface area contributed by atoms with Crippen molar-refractivity contribution in [1.82, 2.24) is 19.7 Å². The minimum Gasteiger partial charge on any atom is -0.497 e. The van der Waals surface area contributed by atoms with Crippen LogP contribution in [0.5, 0.6) is 5.75 Å². The third kappa shape index (κ3) is 4.06. The number of ether oxygens (including phenoxy) is 1. The van der Waals surface area contributed by atoms with E-state index < -0.39 is 0 Å². The standard InChI is InChI=1S/C18H21N5O2/c1-13(14-3-5-15(25-2)6-4-14)22-18(24)7-8-20-17-12-21-16-11-19-9-10-23(16)17/h3-6,9-13,20H,7-8H2,1-2H3,(H,22,24)/t13-/m0/s1. The highest BCUT2D eigenvalue weighted by Crippen LogP contribution is 2.17. The van der Waals surface area contributed by atoms with E-state index in [1.807, 2.05) is 41.8 Å². The van der Waals surface area contributed by atoms with Crippen molar-refractivity contribution in [1.29, 1.82) is 0 Å². The number of nitrogens with zero attached hydrogens (tertiary/aromatic N) is 3. The summed E-state index contributed by atoms with van der Waals surface area (Å²) >= 11 is 0. The van der Waals surface area contributed by atoms with Gasteiger partial charge in [-0.1, -0.05) is 12.1 Å². The summed E-state index contributed by atoms with van der Waals surface area (Å²) in [6.07, 6.45) is 7.32. The molecule has 0 saturated carbocycles. The second-order valence-electron chi connectivity index (χ2n) is 5.69. The number of rotatable bonds is 7. The molecule has 0 bridgehead atoms. The smallest absolute Gasteiger partial charge is 0.222 e. The van der Waals surface area contributed by atoms with Crippen LogP contribution < -0.4 is 15.4 Å². The van der Waals surface area contributed by atoms with Crippen molar-refractivity contribution in [2.24, 2.45) is 0 Å². The maximum atomic E-state index is 12.1. The van der Waals surface area contributed by atoms with Gasteiger partial charge < -0.3 is 15.4 Å². The van der Waals surface area contributed by atoms with E-state index in [2.05, 4.69) is 20.6 Å². The van der Waals surface area contributed by atoms with Crippen LogP contribution in [0.2, 0.25) is 0 Å². The molecule has 1 aromatic carbocycles. The van der Waals surface area contributed by atoms with Crippen LogP contribution in [0.25, 0.3) is 5.65 Å². The number of fused-ring (bicyclic) bond motifs is 1. The Kier molecular flexibility index (Phi) is 5.13. The summed E-state index contributed by atoms with van der Waals surface area (Å²) in [7, 11) is 1.63. The van der Waals surface area contributed by atoms with E-state index in [1.165, 1.54) is 0 Å². The van der Waals surface area contributed by atoms with Crippen molar-refractivity contribution in [3.05, 3.63) is 54.6 Å². The highest BCUT2D eigenvalue weighted by molar-refractivity contribution is 5.77. The number of carbonyl (C=O) groups is 1. The van der Waals surface area contributed by atoms with Gasteiger partial charge in [-0.05, 0) is 24.6 Å². The molecule has 1 atom stereocenters. The summed E-state index contributed by atoms with van der Waals surface area (Å²) in [5, 5.41) is 6.22. The number of hydrogen-bond donors (Lipinski definition) is 2. The van der Waals surface area contributed by atoms with Gasteiger partial charge in [0.2, 0.25) is 5.91 Å². The molecule has 0 aliphatic heterocycles. The molecule has 0 saturated heterocycles.